The molecule has 0 radical (unpaired) electrons. The second-order valence-electron chi connectivity index (χ2n) is 4.82. The van der Waals surface area contributed by atoms with Crippen LogP contribution in [0, 0.1) is 13.8 Å². The second kappa shape index (κ2) is 6.05. The van der Waals surface area contributed by atoms with E-state index in [0.29, 0.717) is 0 Å². The molecular weight excluding hydrogens is 252 g/mol. The van der Waals surface area contributed by atoms with E-state index in [4.69, 9.17) is 4.74 Å². The van der Waals surface area contributed by atoms with Crippen LogP contribution in [-0.4, -0.2) is 28.9 Å². The molecule has 5 nitrogen and oxygen atoms in total. The summed E-state index contributed by atoms with van der Waals surface area (Å²) in [5.41, 5.74) is 4.25. The summed E-state index contributed by atoms with van der Waals surface area (Å²) in [7, 11) is 3.62. The molecule has 1 unspecified atom stereocenters. The van der Waals surface area contributed by atoms with E-state index in [9.17, 15) is 0 Å². The first-order valence-corrected chi connectivity index (χ1v) is 6.82. The van der Waals surface area contributed by atoms with E-state index in [0.717, 1.165) is 29.4 Å². The molecule has 0 saturated carbocycles. The second-order valence-corrected chi connectivity index (χ2v) is 4.82. The predicted molar refractivity (Wildman–Crippen MR) is 79.1 cm³/mol. The number of ether oxygens (including phenoxy) is 1. The van der Waals surface area contributed by atoms with Gasteiger partial charge in [-0.15, -0.1) is 0 Å². The average molecular weight is 274 g/mol. The molecule has 0 fully saturated rings. The highest BCUT2D eigenvalue weighted by molar-refractivity contribution is 5.37. The fourth-order valence-electron chi connectivity index (χ4n) is 2.57. The Morgan fingerprint density at radius 3 is 2.45 bits per heavy atom. The van der Waals surface area contributed by atoms with Crippen LogP contribution >= 0.6 is 0 Å². The number of rotatable bonds is 5. The number of aryl methyl sites for hydroxylation is 3. The van der Waals surface area contributed by atoms with Crippen LogP contribution in [0.5, 0.6) is 5.75 Å². The third-order valence-corrected chi connectivity index (χ3v) is 3.36. The maximum atomic E-state index is 5.45. The lowest BCUT2D eigenvalue weighted by Crippen LogP contribution is -2.22. The summed E-state index contributed by atoms with van der Waals surface area (Å²) in [6.07, 6.45) is 1.77. The number of pyridine rings is 1. The van der Waals surface area contributed by atoms with Crippen molar-refractivity contribution in [2.24, 2.45) is 0 Å². The van der Waals surface area contributed by atoms with Gasteiger partial charge in [-0.2, -0.15) is 5.10 Å². The van der Waals surface area contributed by atoms with E-state index in [2.05, 4.69) is 34.5 Å². The van der Waals surface area contributed by atoms with Crippen molar-refractivity contribution in [1.82, 2.24) is 20.1 Å². The summed E-state index contributed by atoms with van der Waals surface area (Å²) in [6.45, 7) is 6.90. The average Bonchev–Trinajstić information content (AvgIpc) is 2.81. The van der Waals surface area contributed by atoms with Gasteiger partial charge in [-0.25, -0.2) is 0 Å². The molecule has 2 aromatic rings. The van der Waals surface area contributed by atoms with Crippen LogP contribution in [0.25, 0.3) is 0 Å². The first-order chi connectivity index (χ1) is 9.60. The molecule has 0 aromatic carbocycles. The van der Waals surface area contributed by atoms with Crippen molar-refractivity contribution < 1.29 is 4.74 Å². The van der Waals surface area contributed by atoms with E-state index in [1.165, 1.54) is 5.56 Å². The number of nitrogens with one attached hydrogen (secondary N) is 1. The van der Waals surface area contributed by atoms with Crippen LogP contribution in [0.4, 0.5) is 0 Å². The van der Waals surface area contributed by atoms with Crippen molar-refractivity contribution in [3.8, 4) is 5.75 Å². The Morgan fingerprint density at radius 2 is 1.95 bits per heavy atom. The van der Waals surface area contributed by atoms with Gasteiger partial charge in [-0.05, 0) is 45.5 Å². The first-order valence-electron chi connectivity index (χ1n) is 6.82. The quantitative estimate of drug-likeness (QED) is 0.908. The molecule has 1 N–H and O–H groups in total. The molecule has 0 aliphatic heterocycles. The molecular formula is C15H22N4O. The first kappa shape index (κ1) is 14.5. The highest BCUT2D eigenvalue weighted by Gasteiger charge is 2.22. The van der Waals surface area contributed by atoms with Gasteiger partial charge in [0.25, 0.3) is 0 Å². The zero-order valence-corrected chi connectivity index (χ0v) is 12.8. The third kappa shape index (κ3) is 2.67. The van der Waals surface area contributed by atoms with E-state index < -0.39 is 0 Å². The summed E-state index contributed by atoms with van der Waals surface area (Å²) in [5, 5.41) is 7.74. The van der Waals surface area contributed by atoms with Crippen LogP contribution in [0.3, 0.4) is 0 Å². The van der Waals surface area contributed by atoms with Gasteiger partial charge in [-0.1, -0.05) is 0 Å². The molecule has 0 spiro atoms. The van der Waals surface area contributed by atoms with Gasteiger partial charge >= 0.3 is 0 Å². The van der Waals surface area contributed by atoms with E-state index in [-0.39, 0.29) is 6.04 Å². The lowest BCUT2D eigenvalue weighted by molar-refractivity contribution is 0.401. The zero-order valence-electron chi connectivity index (χ0n) is 12.8. The SMILES string of the molecule is CCn1ncc(OC)c1C(NC)c1cc(C)nc(C)c1. The highest BCUT2D eigenvalue weighted by Crippen LogP contribution is 2.30. The van der Waals surface area contributed by atoms with Crippen molar-refractivity contribution >= 4 is 0 Å². The largest absolute Gasteiger partial charge is 0.493 e. The Bertz CT molecular complexity index is 550. The maximum Gasteiger partial charge on any atom is 0.161 e. The molecule has 2 aromatic heterocycles. The normalized spacial score (nSPS) is 12.4. The molecule has 5 heteroatoms. The predicted octanol–water partition coefficient (Wildman–Crippen LogP) is 2.23. The lowest BCUT2D eigenvalue weighted by Gasteiger charge is -2.20. The van der Waals surface area contributed by atoms with Gasteiger partial charge < -0.3 is 10.1 Å². The minimum absolute atomic E-state index is 0.0350. The number of hydrogen-bond donors (Lipinski definition) is 1. The van der Waals surface area contributed by atoms with Crippen molar-refractivity contribution in [2.75, 3.05) is 14.2 Å². The summed E-state index contributed by atoms with van der Waals surface area (Å²) < 4.78 is 7.42. The summed E-state index contributed by atoms with van der Waals surface area (Å²) in [6, 6.07) is 4.23. The Balaban J connectivity index is 2.54. The number of methoxy groups -OCH3 is 1. The van der Waals surface area contributed by atoms with Crippen LogP contribution in [0.2, 0.25) is 0 Å². The maximum absolute atomic E-state index is 5.45. The molecule has 0 aliphatic carbocycles. The summed E-state index contributed by atoms with van der Waals surface area (Å²) >= 11 is 0. The van der Waals surface area contributed by atoms with Crippen molar-refractivity contribution in [2.45, 2.75) is 33.4 Å². The lowest BCUT2D eigenvalue weighted by atomic mass is 10.0. The summed E-state index contributed by atoms with van der Waals surface area (Å²) in [5.74, 6) is 0.804. The third-order valence-electron chi connectivity index (χ3n) is 3.36. The Labute approximate surface area is 120 Å². The van der Waals surface area contributed by atoms with E-state index in [1.807, 2.05) is 25.6 Å². The van der Waals surface area contributed by atoms with Crippen molar-refractivity contribution in [3.05, 3.63) is 41.0 Å². The standard InChI is InChI=1S/C15H22N4O/c1-6-19-15(13(20-5)9-17-19)14(16-4)12-7-10(2)18-11(3)8-12/h7-9,14,16H,6H2,1-5H3. The van der Waals surface area contributed by atoms with Gasteiger partial charge in [0.15, 0.2) is 5.75 Å². The monoisotopic (exact) mass is 274 g/mol. The molecule has 20 heavy (non-hydrogen) atoms. The Kier molecular flexibility index (Phi) is 4.39. The smallest absolute Gasteiger partial charge is 0.161 e. The highest BCUT2D eigenvalue weighted by atomic mass is 16.5. The zero-order chi connectivity index (χ0) is 14.7. The number of aromatic nitrogens is 3. The number of hydrogen-bond acceptors (Lipinski definition) is 4. The molecule has 0 amide bonds. The fourth-order valence-corrected chi connectivity index (χ4v) is 2.57. The molecule has 2 heterocycles. The molecule has 0 bridgehead atoms. The van der Waals surface area contributed by atoms with Crippen molar-refractivity contribution in [3.63, 3.8) is 0 Å². The summed E-state index contributed by atoms with van der Waals surface area (Å²) in [4.78, 5) is 4.44. The topological polar surface area (TPSA) is 52.0 Å². The van der Waals surface area contributed by atoms with Gasteiger partial charge in [0.1, 0.15) is 5.69 Å². The van der Waals surface area contributed by atoms with Gasteiger partial charge in [0.05, 0.1) is 19.3 Å². The van der Waals surface area contributed by atoms with Gasteiger partial charge in [-0.3, -0.25) is 9.67 Å². The minimum atomic E-state index is 0.0350. The van der Waals surface area contributed by atoms with Gasteiger partial charge in [0.2, 0.25) is 0 Å². The van der Waals surface area contributed by atoms with Crippen molar-refractivity contribution in [1.29, 1.82) is 0 Å². The fraction of sp³-hybridized carbons (Fsp3) is 0.467. The molecule has 2 rings (SSSR count). The molecule has 108 valence electrons. The minimum Gasteiger partial charge on any atom is -0.493 e. The van der Waals surface area contributed by atoms with Crippen LogP contribution < -0.4 is 10.1 Å². The van der Waals surface area contributed by atoms with Gasteiger partial charge in [0, 0.05) is 17.9 Å². The Hall–Kier alpha value is -1.88. The van der Waals surface area contributed by atoms with E-state index >= 15 is 0 Å². The number of nitrogens with zero attached hydrogens (tertiary/aromatic N) is 3. The van der Waals surface area contributed by atoms with E-state index in [1.54, 1.807) is 13.3 Å². The molecule has 0 saturated heterocycles. The molecule has 0 aliphatic rings. The molecule has 1 atom stereocenters. The van der Waals surface area contributed by atoms with Crippen LogP contribution in [-0.2, 0) is 6.54 Å². The Morgan fingerprint density at radius 1 is 1.30 bits per heavy atom. The van der Waals surface area contributed by atoms with Crippen LogP contribution in [0.15, 0.2) is 18.3 Å². The van der Waals surface area contributed by atoms with Crippen LogP contribution in [0.1, 0.15) is 35.6 Å².